The Morgan fingerprint density at radius 3 is 2.86 bits per heavy atom. The Morgan fingerprint density at radius 1 is 1.24 bits per heavy atom. The Kier molecular flexibility index (Phi) is 4.91. The third-order valence-electron chi connectivity index (χ3n) is 5.44. The molecule has 3 rings (SSSR count). The van der Waals surface area contributed by atoms with E-state index in [4.69, 9.17) is 16.3 Å². The number of benzene rings is 1. The lowest BCUT2D eigenvalue weighted by atomic mass is 9.68. The molecule has 1 spiro atoms. The summed E-state index contributed by atoms with van der Waals surface area (Å²) in [4.78, 5) is 0. The first-order valence-electron chi connectivity index (χ1n) is 8.60. The zero-order chi connectivity index (χ0) is 14.7. The average molecular weight is 307 g/mol. The Hall–Kier alpha value is -0.530. The van der Waals surface area contributed by atoms with Crippen molar-refractivity contribution in [3.8, 4) is 0 Å². The highest BCUT2D eigenvalue weighted by Crippen LogP contribution is 2.45. The molecule has 0 radical (unpaired) electrons. The van der Waals surface area contributed by atoms with Gasteiger partial charge in [-0.05, 0) is 36.8 Å². The van der Waals surface area contributed by atoms with Gasteiger partial charge in [-0.3, -0.25) is 0 Å². The van der Waals surface area contributed by atoms with Gasteiger partial charge in [0.25, 0.3) is 0 Å². The molecule has 0 saturated carbocycles. The minimum Gasteiger partial charge on any atom is -0.374 e. The van der Waals surface area contributed by atoms with Gasteiger partial charge >= 0.3 is 0 Å². The smallest absolute Gasteiger partial charge is 0.0768 e. The SMILES string of the molecule is CCCCCC1[C@H](Cl)CCO[C@@]12CCc1ccccc1C2. The molecule has 1 heterocycles. The van der Waals surface area contributed by atoms with Crippen LogP contribution in [0.5, 0.6) is 0 Å². The van der Waals surface area contributed by atoms with Gasteiger partial charge in [0, 0.05) is 24.3 Å². The molecule has 0 aromatic heterocycles. The van der Waals surface area contributed by atoms with Crippen molar-refractivity contribution in [1.82, 2.24) is 0 Å². The molecular weight excluding hydrogens is 280 g/mol. The second kappa shape index (κ2) is 6.71. The lowest BCUT2D eigenvalue weighted by molar-refractivity contribution is -0.127. The van der Waals surface area contributed by atoms with Gasteiger partial charge in [-0.25, -0.2) is 0 Å². The highest BCUT2D eigenvalue weighted by atomic mass is 35.5. The lowest BCUT2D eigenvalue weighted by Gasteiger charge is -2.49. The van der Waals surface area contributed by atoms with E-state index in [9.17, 15) is 0 Å². The second-order valence-corrected chi connectivity index (χ2v) is 7.33. The first-order chi connectivity index (χ1) is 10.2. The van der Waals surface area contributed by atoms with E-state index in [2.05, 4.69) is 31.2 Å². The number of hydrogen-bond donors (Lipinski definition) is 0. The number of hydrogen-bond acceptors (Lipinski definition) is 1. The van der Waals surface area contributed by atoms with Crippen LogP contribution < -0.4 is 0 Å². The fourth-order valence-corrected chi connectivity index (χ4v) is 4.69. The Bertz CT molecular complexity index is 472. The van der Waals surface area contributed by atoms with Crippen molar-refractivity contribution in [2.24, 2.45) is 5.92 Å². The van der Waals surface area contributed by atoms with Crippen molar-refractivity contribution in [3.05, 3.63) is 35.4 Å². The van der Waals surface area contributed by atoms with Crippen LogP contribution in [0.3, 0.4) is 0 Å². The van der Waals surface area contributed by atoms with Crippen LogP contribution in [0, 0.1) is 5.92 Å². The Labute approximate surface area is 134 Å². The molecule has 0 N–H and O–H groups in total. The minimum absolute atomic E-state index is 0.00671. The molecular formula is C19H27ClO. The number of aryl methyl sites for hydroxylation is 1. The van der Waals surface area contributed by atoms with Crippen LogP contribution in [0.4, 0.5) is 0 Å². The van der Waals surface area contributed by atoms with Crippen LogP contribution in [0.15, 0.2) is 24.3 Å². The maximum atomic E-state index is 6.73. The summed E-state index contributed by atoms with van der Waals surface area (Å²) in [6.07, 6.45) is 9.46. The molecule has 0 amide bonds. The van der Waals surface area contributed by atoms with E-state index >= 15 is 0 Å². The molecule has 116 valence electrons. The fourth-order valence-electron chi connectivity index (χ4n) is 4.24. The summed E-state index contributed by atoms with van der Waals surface area (Å²) in [5, 5.41) is 0.292. The number of ether oxygens (including phenoxy) is 1. The van der Waals surface area contributed by atoms with E-state index < -0.39 is 0 Å². The minimum atomic E-state index is 0.00671. The molecule has 2 heteroatoms. The molecule has 3 atom stereocenters. The molecule has 1 aromatic carbocycles. The zero-order valence-corrected chi connectivity index (χ0v) is 13.9. The van der Waals surface area contributed by atoms with Gasteiger partial charge in [-0.1, -0.05) is 50.5 Å². The third-order valence-corrected chi connectivity index (χ3v) is 5.96. The maximum absolute atomic E-state index is 6.73. The van der Waals surface area contributed by atoms with E-state index in [0.717, 1.165) is 32.3 Å². The van der Waals surface area contributed by atoms with Crippen molar-refractivity contribution in [2.75, 3.05) is 6.61 Å². The lowest BCUT2D eigenvalue weighted by Crippen LogP contribution is -2.52. The zero-order valence-electron chi connectivity index (χ0n) is 13.1. The van der Waals surface area contributed by atoms with Crippen molar-refractivity contribution >= 4 is 11.6 Å². The maximum Gasteiger partial charge on any atom is 0.0768 e. The number of fused-ring (bicyclic) bond motifs is 1. The first kappa shape index (κ1) is 15.4. The number of halogens is 1. The second-order valence-electron chi connectivity index (χ2n) is 6.77. The van der Waals surface area contributed by atoms with Crippen LogP contribution in [-0.2, 0) is 17.6 Å². The number of unbranched alkanes of at least 4 members (excludes halogenated alkanes) is 2. The molecule has 2 aliphatic rings. The van der Waals surface area contributed by atoms with Gasteiger partial charge in [-0.2, -0.15) is 0 Å². The van der Waals surface area contributed by atoms with Crippen molar-refractivity contribution in [3.63, 3.8) is 0 Å². The molecule has 1 aliphatic heterocycles. The summed E-state index contributed by atoms with van der Waals surface area (Å²) in [5.41, 5.74) is 3.00. The van der Waals surface area contributed by atoms with Gasteiger partial charge in [0.2, 0.25) is 0 Å². The van der Waals surface area contributed by atoms with Crippen LogP contribution in [0.1, 0.15) is 56.6 Å². The molecule has 21 heavy (non-hydrogen) atoms. The van der Waals surface area contributed by atoms with Crippen LogP contribution in [0.2, 0.25) is 0 Å². The Morgan fingerprint density at radius 2 is 2.05 bits per heavy atom. The first-order valence-corrected chi connectivity index (χ1v) is 9.03. The van der Waals surface area contributed by atoms with Gasteiger partial charge < -0.3 is 4.74 Å². The summed E-state index contributed by atoms with van der Waals surface area (Å²) in [6, 6.07) is 8.86. The molecule has 1 nitrogen and oxygen atoms in total. The topological polar surface area (TPSA) is 9.23 Å². The van der Waals surface area contributed by atoms with E-state index in [1.54, 1.807) is 0 Å². The predicted molar refractivity (Wildman–Crippen MR) is 89.0 cm³/mol. The molecule has 1 aromatic rings. The molecule has 1 saturated heterocycles. The van der Waals surface area contributed by atoms with Crippen molar-refractivity contribution in [2.45, 2.75) is 69.3 Å². The standard InChI is InChI=1S/C19H27ClO/c1-2-3-4-9-17-18(20)11-13-21-19(17)12-10-15-7-5-6-8-16(15)14-19/h5-8,17-18H,2-4,9-14H2,1H3/t17?,18-,19-/m1/s1. The predicted octanol–water partition coefficient (Wildman–Crippen LogP) is 5.14. The van der Waals surface area contributed by atoms with Crippen LogP contribution >= 0.6 is 11.6 Å². The molecule has 1 fully saturated rings. The number of rotatable bonds is 4. The summed E-state index contributed by atoms with van der Waals surface area (Å²) in [7, 11) is 0. The molecule has 0 bridgehead atoms. The van der Waals surface area contributed by atoms with E-state index in [1.165, 1.54) is 36.8 Å². The van der Waals surface area contributed by atoms with Gasteiger partial charge in [0.1, 0.15) is 0 Å². The summed E-state index contributed by atoms with van der Waals surface area (Å²) in [6.45, 7) is 3.10. The molecule has 1 aliphatic carbocycles. The monoisotopic (exact) mass is 306 g/mol. The van der Waals surface area contributed by atoms with Gasteiger partial charge in [0.05, 0.1) is 5.60 Å². The third kappa shape index (κ3) is 3.14. The normalized spacial score (nSPS) is 32.1. The quantitative estimate of drug-likeness (QED) is 0.553. The van der Waals surface area contributed by atoms with E-state index in [1.807, 2.05) is 0 Å². The van der Waals surface area contributed by atoms with Gasteiger partial charge in [0.15, 0.2) is 0 Å². The number of alkyl halides is 1. The van der Waals surface area contributed by atoms with Gasteiger partial charge in [-0.15, -0.1) is 11.6 Å². The summed E-state index contributed by atoms with van der Waals surface area (Å²) >= 11 is 6.73. The molecule has 1 unspecified atom stereocenters. The summed E-state index contributed by atoms with van der Waals surface area (Å²) in [5.74, 6) is 0.521. The highest BCUT2D eigenvalue weighted by molar-refractivity contribution is 6.20. The van der Waals surface area contributed by atoms with Crippen molar-refractivity contribution < 1.29 is 4.74 Å². The highest BCUT2D eigenvalue weighted by Gasteiger charge is 2.47. The fraction of sp³-hybridized carbons (Fsp3) is 0.684. The van der Waals surface area contributed by atoms with Crippen LogP contribution in [0.25, 0.3) is 0 Å². The van der Waals surface area contributed by atoms with Crippen molar-refractivity contribution in [1.29, 1.82) is 0 Å². The van der Waals surface area contributed by atoms with Crippen LogP contribution in [-0.4, -0.2) is 17.6 Å². The Balaban J connectivity index is 1.80. The largest absolute Gasteiger partial charge is 0.374 e. The average Bonchev–Trinajstić information content (AvgIpc) is 2.50. The van der Waals surface area contributed by atoms with E-state index in [0.29, 0.717) is 11.3 Å². The summed E-state index contributed by atoms with van der Waals surface area (Å²) < 4.78 is 6.39. The van der Waals surface area contributed by atoms with E-state index in [-0.39, 0.29) is 5.60 Å².